The van der Waals surface area contributed by atoms with Gasteiger partial charge in [0.2, 0.25) is 0 Å². The molecule has 0 spiro atoms. The maximum Gasteiger partial charge on any atom is 0.146 e. The Morgan fingerprint density at radius 1 is 1.44 bits per heavy atom. The van der Waals surface area contributed by atoms with Crippen LogP contribution in [0.5, 0.6) is 0 Å². The SMILES string of the molecule is CC1(O)CCCN(c2cccnc2N)CC1. The molecule has 1 saturated heterocycles. The number of anilines is 2. The van der Waals surface area contributed by atoms with Crippen LogP contribution in [0.15, 0.2) is 18.3 Å². The van der Waals surface area contributed by atoms with Gasteiger partial charge in [0.05, 0.1) is 11.3 Å². The molecule has 0 bridgehead atoms. The number of nitrogen functional groups attached to an aromatic ring is 1. The number of aromatic nitrogens is 1. The first-order chi connectivity index (χ1) is 7.58. The van der Waals surface area contributed by atoms with Crippen LogP contribution >= 0.6 is 0 Å². The lowest BCUT2D eigenvalue weighted by molar-refractivity contribution is 0.0481. The average molecular weight is 221 g/mol. The summed E-state index contributed by atoms with van der Waals surface area (Å²) in [5.41, 5.74) is 6.31. The fourth-order valence-corrected chi connectivity index (χ4v) is 2.18. The number of pyridine rings is 1. The summed E-state index contributed by atoms with van der Waals surface area (Å²) in [5, 5.41) is 10.0. The average Bonchev–Trinajstić information content (AvgIpc) is 2.40. The standard InChI is InChI=1S/C12H19N3O/c1-12(16)5-3-8-15(9-6-12)10-4-2-7-14-11(10)13/h2,4,7,16H,3,5-6,8-9H2,1H3,(H2,13,14). The van der Waals surface area contributed by atoms with Crippen molar-refractivity contribution in [2.75, 3.05) is 23.7 Å². The molecule has 0 aromatic carbocycles. The second-order valence-corrected chi connectivity index (χ2v) is 4.75. The van der Waals surface area contributed by atoms with Gasteiger partial charge in [-0.25, -0.2) is 4.98 Å². The van der Waals surface area contributed by atoms with Crippen LogP contribution < -0.4 is 10.6 Å². The molecule has 2 heterocycles. The predicted molar refractivity (Wildman–Crippen MR) is 65.3 cm³/mol. The van der Waals surface area contributed by atoms with Crippen LogP contribution in [0.2, 0.25) is 0 Å². The third-order valence-electron chi connectivity index (χ3n) is 3.22. The minimum absolute atomic E-state index is 0.536. The number of nitrogens with two attached hydrogens (primary N) is 1. The second-order valence-electron chi connectivity index (χ2n) is 4.75. The molecule has 0 radical (unpaired) electrons. The maximum atomic E-state index is 10.0. The van der Waals surface area contributed by atoms with E-state index in [0.29, 0.717) is 5.82 Å². The minimum atomic E-state index is -0.536. The molecular weight excluding hydrogens is 202 g/mol. The highest BCUT2D eigenvalue weighted by Crippen LogP contribution is 2.27. The van der Waals surface area contributed by atoms with Crippen molar-refractivity contribution >= 4 is 11.5 Å². The summed E-state index contributed by atoms with van der Waals surface area (Å²) in [6, 6.07) is 3.89. The van der Waals surface area contributed by atoms with E-state index in [-0.39, 0.29) is 0 Å². The van der Waals surface area contributed by atoms with E-state index in [2.05, 4.69) is 9.88 Å². The summed E-state index contributed by atoms with van der Waals surface area (Å²) in [7, 11) is 0. The van der Waals surface area contributed by atoms with Gasteiger partial charge in [0.25, 0.3) is 0 Å². The Kier molecular flexibility index (Phi) is 3.01. The van der Waals surface area contributed by atoms with Crippen LogP contribution in [0.1, 0.15) is 26.2 Å². The van der Waals surface area contributed by atoms with E-state index >= 15 is 0 Å². The largest absolute Gasteiger partial charge is 0.390 e. The Balaban J connectivity index is 2.14. The summed E-state index contributed by atoms with van der Waals surface area (Å²) in [6.07, 6.45) is 4.32. The van der Waals surface area contributed by atoms with Crippen molar-refractivity contribution in [2.45, 2.75) is 31.8 Å². The Morgan fingerprint density at radius 2 is 2.25 bits per heavy atom. The molecule has 1 aromatic heterocycles. The molecule has 1 aromatic rings. The molecule has 0 saturated carbocycles. The Hall–Kier alpha value is -1.29. The molecule has 1 fully saturated rings. The van der Waals surface area contributed by atoms with E-state index in [1.165, 1.54) is 0 Å². The fraction of sp³-hybridized carbons (Fsp3) is 0.583. The maximum absolute atomic E-state index is 10.0. The zero-order valence-electron chi connectivity index (χ0n) is 9.69. The van der Waals surface area contributed by atoms with Gasteiger partial charge in [0, 0.05) is 19.3 Å². The van der Waals surface area contributed by atoms with E-state index in [0.717, 1.165) is 38.0 Å². The molecule has 0 aliphatic carbocycles. The Labute approximate surface area is 96.1 Å². The van der Waals surface area contributed by atoms with Gasteiger partial charge in [-0.3, -0.25) is 0 Å². The first kappa shape index (κ1) is 11.2. The normalized spacial score (nSPS) is 26.5. The number of hydrogen-bond donors (Lipinski definition) is 2. The Bertz CT molecular complexity index is 365. The van der Waals surface area contributed by atoms with Gasteiger partial charge >= 0.3 is 0 Å². The number of aliphatic hydroxyl groups is 1. The summed E-state index contributed by atoms with van der Waals surface area (Å²) in [5.74, 6) is 0.573. The lowest BCUT2D eigenvalue weighted by atomic mass is 9.98. The number of nitrogens with zero attached hydrogens (tertiary/aromatic N) is 2. The molecule has 1 unspecified atom stereocenters. The zero-order chi connectivity index (χ0) is 11.6. The highest BCUT2D eigenvalue weighted by Gasteiger charge is 2.25. The first-order valence-electron chi connectivity index (χ1n) is 5.76. The van der Waals surface area contributed by atoms with Gasteiger partial charge in [-0.2, -0.15) is 0 Å². The van der Waals surface area contributed by atoms with Crippen molar-refractivity contribution in [3.05, 3.63) is 18.3 Å². The molecule has 4 nitrogen and oxygen atoms in total. The first-order valence-corrected chi connectivity index (χ1v) is 5.76. The highest BCUT2D eigenvalue weighted by atomic mass is 16.3. The van der Waals surface area contributed by atoms with Gasteiger partial charge in [0.1, 0.15) is 5.82 Å². The second kappa shape index (κ2) is 4.29. The van der Waals surface area contributed by atoms with E-state index < -0.39 is 5.60 Å². The van der Waals surface area contributed by atoms with Crippen LogP contribution in [0.25, 0.3) is 0 Å². The molecule has 1 aliphatic rings. The summed E-state index contributed by atoms with van der Waals surface area (Å²) in [6.45, 7) is 3.68. The molecular formula is C12H19N3O. The molecule has 3 N–H and O–H groups in total. The summed E-state index contributed by atoms with van der Waals surface area (Å²) >= 11 is 0. The van der Waals surface area contributed by atoms with Crippen LogP contribution in [0.4, 0.5) is 11.5 Å². The molecule has 0 amide bonds. The lowest BCUT2D eigenvalue weighted by Gasteiger charge is -2.24. The van der Waals surface area contributed by atoms with Crippen molar-refractivity contribution < 1.29 is 5.11 Å². The van der Waals surface area contributed by atoms with E-state index in [1.54, 1.807) is 6.20 Å². The van der Waals surface area contributed by atoms with E-state index in [1.807, 2.05) is 19.1 Å². The molecule has 88 valence electrons. The van der Waals surface area contributed by atoms with Gasteiger partial charge in [-0.15, -0.1) is 0 Å². The lowest BCUT2D eigenvalue weighted by Crippen LogP contribution is -2.28. The van der Waals surface area contributed by atoms with Crippen molar-refractivity contribution in [1.29, 1.82) is 0 Å². The van der Waals surface area contributed by atoms with E-state index in [9.17, 15) is 5.11 Å². The van der Waals surface area contributed by atoms with Crippen LogP contribution in [0, 0.1) is 0 Å². The van der Waals surface area contributed by atoms with Crippen molar-refractivity contribution in [3.63, 3.8) is 0 Å². The molecule has 2 rings (SSSR count). The smallest absolute Gasteiger partial charge is 0.146 e. The fourth-order valence-electron chi connectivity index (χ4n) is 2.18. The van der Waals surface area contributed by atoms with Gasteiger partial charge in [-0.05, 0) is 38.3 Å². The summed E-state index contributed by atoms with van der Waals surface area (Å²) < 4.78 is 0. The molecule has 1 atom stereocenters. The third-order valence-corrected chi connectivity index (χ3v) is 3.22. The number of rotatable bonds is 1. The monoisotopic (exact) mass is 221 g/mol. The minimum Gasteiger partial charge on any atom is -0.390 e. The topological polar surface area (TPSA) is 62.4 Å². The van der Waals surface area contributed by atoms with Gasteiger partial charge in [0.15, 0.2) is 0 Å². The molecule has 1 aliphatic heterocycles. The predicted octanol–water partition coefficient (Wildman–Crippen LogP) is 1.41. The van der Waals surface area contributed by atoms with Crippen LogP contribution in [0.3, 0.4) is 0 Å². The molecule has 16 heavy (non-hydrogen) atoms. The van der Waals surface area contributed by atoms with Crippen molar-refractivity contribution in [1.82, 2.24) is 4.98 Å². The summed E-state index contributed by atoms with van der Waals surface area (Å²) in [4.78, 5) is 6.31. The van der Waals surface area contributed by atoms with Gasteiger partial charge < -0.3 is 15.7 Å². The van der Waals surface area contributed by atoms with Crippen LogP contribution in [-0.2, 0) is 0 Å². The Morgan fingerprint density at radius 3 is 3.00 bits per heavy atom. The van der Waals surface area contributed by atoms with E-state index in [4.69, 9.17) is 5.73 Å². The van der Waals surface area contributed by atoms with Crippen molar-refractivity contribution in [2.24, 2.45) is 0 Å². The third kappa shape index (κ3) is 2.44. The zero-order valence-corrected chi connectivity index (χ0v) is 9.69. The van der Waals surface area contributed by atoms with Crippen molar-refractivity contribution in [3.8, 4) is 0 Å². The van der Waals surface area contributed by atoms with Gasteiger partial charge in [-0.1, -0.05) is 0 Å². The number of hydrogen-bond acceptors (Lipinski definition) is 4. The van der Waals surface area contributed by atoms with Crippen LogP contribution in [-0.4, -0.2) is 28.8 Å². The molecule has 4 heteroatoms. The highest BCUT2D eigenvalue weighted by molar-refractivity contribution is 5.62. The quantitative estimate of drug-likeness (QED) is 0.752.